The number of rotatable bonds is 7. The molecule has 0 spiro atoms. The van der Waals surface area contributed by atoms with Crippen LogP contribution in [0.5, 0.6) is 0 Å². The summed E-state index contributed by atoms with van der Waals surface area (Å²) in [6.07, 6.45) is 5.41. The predicted octanol–water partition coefficient (Wildman–Crippen LogP) is 2.48. The molecule has 90 valence electrons. The molecule has 1 atom stereocenters. The van der Waals surface area contributed by atoms with Crippen molar-refractivity contribution in [1.82, 2.24) is 4.90 Å². The second-order valence-corrected chi connectivity index (χ2v) is 5.95. The zero-order valence-electron chi connectivity index (χ0n) is 10.9. The van der Waals surface area contributed by atoms with Gasteiger partial charge >= 0.3 is 0 Å². The van der Waals surface area contributed by atoms with E-state index in [0.29, 0.717) is 0 Å². The molecule has 0 saturated heterocycles. The molecule has 2 N–H and O–H groups in total. The molecular formula is C13H28N2. The van der Waals surface area contributed by atoms with Crippen molar-refractivity contribution in [2.24, 2.45) is 17.6 Å². The quantitative estimate of drug-likeness (QED) is 0.702. The summed E-state index contributed by atoms with van der Waals surface area (Å²) in [5.41, 5.74) is 6.18. The van der Waals surface area contributed by atoms with Crippen molar-refractivity contribution in [2.75, 3.05) is 20.1 Å². The van der Waals surface area contributed by atoms with E-state index in [1.165, 1.54) is 32.2 Å². The third-order valence-corrected chi connectivity index (χ3v) is 3.83. The standard InChI is InChI=1S/C13H28N2/c1-11(2)7-8-15(4)13(3,10-14)9-12-5-6-12/h11-12H,5-10,14H2,1-4H3. The monoisotopic (exact) mass is 212 g/mol. The van der Waals surface area contributed by atoms with Crippen molar-refractivity contribution in [3.05, 3.63) is 0 Å². The molecule has 0 bridgehead atoms. The lowest BCUT2D eigenvalue weighted by molar-refractivity contribution is 0.121. The van der Waals surface area contributed by atoms with Crippen molar-refractivity contribution in [1.29, 1.82) is 0 Å². The Bertz CT molecular complexity index is 187. The first-order chi connectivity index (χ1) is 6.98. The van der Waals surface area contributed by atoms with Crippen LogP contribution in [0, 0.1) is 11.8 Å². The minimum absolute atomic E-state index is 0.232. The van der Waals surface area contributed by atoms with Gasteiger partial charge in [-0.3, -0.25) is 4.90 Å². The van der Waals surface area contributed by atoms with Crippen LogP contribution in [0.3, 0.4) is 0 Å². The fourth-order valence-corrected chi connectivity index (χ4v) is 2.06. The maximum Gasteiger partial charge on any atom is 0.0303 e. The summed E-state index contributed by atoms with van der Waals surface area (Å²) in [7, 11) is 2.23. The molecule has 2 heteroatoms. The molecule has 0 radical (unpaired) electrons. The fourth-order valence-electron chi connectivity index (χ4n) is 2.06. The van der Waals surface area contributed by atoms with Crippen LogP contribution in [-0.2, 0) is 0 Å². The number of nitrogens with two attached hydrogens (primary N) is 1. The second kappa shape index (κ2) is 5.31. The summed E-state index contributed by atoms with van der Waals surface area (Å²) < 4.78 is 0. The van der Waals surface area contributed by atoms with Crippen molar-refractivity contribution >= 4 is 0 Å². The van der Waals surface area contributed by atoms with Crippen LogP contribution < -0.4 is 5.73 Å². The van der Waals surface area contributed by atoms with E-state index in [0.717, 1.165) is 18.4 Å². The summed E-state index contributed by atoms with van der Waals surface area (Å²) in [5.74, 6) is 1.75. The molecular weight excluding hydrogens is 184 g/mol. The van der Waals surface area contributed by atoms with E-state index in [-0.39, 0.29) is 5.54 Å². The third-order valence-electron chi connectivity index (χ3n) is 3.83. The summed E-state index contributed by atoms with van der Waals surface area (Å²) in [5, 5.41) is 0. The highest BCUT2D eigenvalue weighted by atomic mass is 15.2. The first kappa shape index (κ1) is 13.0. The van der Waals surface area contributed by atoms with Crippen molar-refractivity contribution in [3.63, 3.8) is 0 Å². The van der Waals surface area contributed by atoms with Crippen LogP contribution in [-0.4, -0.2) is 30.6 Å². The smallest absolute Gasteiger partial charge is 0.0303 e. The van der Waals surface area contributed by atoms with E-state index in [4.69, 9.17) is 5.73 Å². The minimum Gasteiger partial charge on any atom is -0.329 e. The number of nitrogens with zero attached hydrogens (tertiary/aromatic N) is 1. The third kappa shape index (κ3) is 4.12. The maximum atomic E-state index is 5.95. The normalized spacial score (nSPS) is 21.0. The van der Waals surface area contributed by atoms with Gasteiger partial charge in [0.1, 0.15) is 0 Å². The van der Waals surface area contributed by atoms with Gasteiger partial charge in [0, 0.05) is 12.1 Å². The van der Waals surface area contributed by atoms with Gasteiger partial charge in [-0.05, 0) is 45.2 Å². The van der Waals surface area contributed by atoms with Crippen LogP contribution in [0.1, 0.15) is 46.5 Å². The van der Waals surface area contributed by atoms with Gasteiger partial charge in [0.2, 0.25) is 0 Å². The molecule has 1 saturated carbocycles. The highest BCUT2D eigenvalue weighted by Crippen LogP contribution is 2.38. The highest BCUT2D eigenvalue weighted by molar-refractivity contribution is 4.91. The van der Waals surface area contributed by atoms with Gasteiger partial charge in [-0.2, -0.15) is 0 Å². The SMILES string of the molecule is CC(C)CCN(C)C(C)(CN)CC1CC1. The molecule has 0 aromatic rings. The van der Waals surface area contributed by atoms with Gasteiger partial charge in [0.15, 0.2) is 0 Å². The molecule has 0 aliphatic heterocycles. The molecule has 1 fully saturated rings. The van der Waals surface area contributed by atoms with Crippen LogP contribution in [0.4, 0.5) is 0 Å². The lowest BCUT2D eigenvalue weighted by atomic mass is 9.92. The van der Waals surface area contributed by atoms with Gasteiger partial charge in [-0.15, -0.1) is 0 Å². The summed E-state index contributed by atoms with van der Waals surface area (Å²) in [6, 6.07) is 0. The summed E-state index contributed by atoms with van der Waals surface area (Å²) in [6.45, 7) is 8.87. The topological polar surface area (TPSA) is 29.3 Å². The molecule has 15 heavy (non-hydrogen) atoms. The number of hydrogen-bond acceptors (Lipinski definition) is 2. The van der Waals surface area contributed by atoms with Gasteiger partial charge in [0.25, 0.3) is 0 Å². The van der Waals surface area contributed by atoms with Gasteiger partial charge in [0.05, 0.1) is 0 Å². The van der Waals surface area contributed by atoms with Crippen molar-refractivity contribution in [3.8, 4) is 0 Å². The second-order valence-electron chi connectivity index (χ2n) is 5.95. The lowest BCUT2D eigenvalue weighted by Gasteiger charge is -2.38. The predicted molar refractivity (Wildman–Crippen MR) is 66.9 cm³/mol. The summed E-state index contributed by atoms with van der Waals surface area (Å²) >= 11 is 0. The fraction of sp³-hybridized carbons (Fsp3) is 1.00. The van der Waals surface area contributed by atoms with Gasteiger partial charge in [-0.25, -0.2) is 0 Å². The molecule has 0 amide bonds. The molecule has 2 nitrogen and oxygen atoms in total. The van der Waals surface area contributed by atoms with E-state index in [1.54, 1.807) is 0 Å². The van der Waals surface area contributed by atoms with Crippen molar-refractivity contribution < 1.29 is 0 Å². The Morgan fingerprint density at radius 2 is 2.00 bits per heavy atom. The van der Waals surface area contributed by atoms with Gasteiger partial charge in [-0.1, -0.05) is 26.7 Å². The largest absolute Gasteiger partial charge is 0.329 e. The number of hydrogen-bond donors (Lipinski definition) is 1. The Labute approximate surface area is 95.2 Å². The zero-order chi connectivity index (χ0) is 11.5. The van der Waals surface area contributed by atoms with Crippen molar-refractivity contribution in [2.45, 2.75) is 52.0 Å². The van der Waals surface area contributed by atoms with E-state index in [9.17, 15) is 0 Å². The van der Waals surface area contributed by atoms with Crippen LogP contribution in [0.2, 0.25) is 0 Å². The first-order valence-corrected chi connectivity index (χ1v) is 6.39. The van der Waals surface area contributed by atoms with Crippen LogP contribution in [0.15, 0.2) is 0 Å². The minimum atomic E-state index is 0.232. The van der Waals surface area contributed by atoms with Gasteiger partial charge < -0.3 is 5.73 Å². The average molecular weight is 212 g/mol. The van der Waals surface area contributed by atoms with E-state index >= 15 is 0 Å². The van der Waals surface area contributed by atoms with E-state index in [1.807, 2.05) is 0 Å². The Kier molecular flexibility index (Phi) is 4.60. The molecule has 1 rings (SSSR count). The summed E-state index contributed by atoms with van der Waals surface area (Å²) in [4.78, 5) is 2.48. The van der Waals surface area contributed by atoms with Crippen LogP contribution >= 0.6 is 0 Å². The molecule has 1 aliphatic rings. The van der Waals surface area contributed by atoms with E-state index in [2.05, 4.69) is 32.7 Å². The molecule has 1 aliphatic carbocycles. The lowest BCUT2D eigenvalue weighted by Crippen LogP contribution is -2.50. The molecule has 0 heterocycles. The Hall–Kier alpha value is -0.0800. The Morgan fingerprint density at radius 1 is 1.40 bits per heavy atom. The zero-order valence-corrected chi connectivity index (χ0v) is 10.9. The Balaban J connectivity index is 2.39. The van der Waals surface area contributed by atoms with Crippen LogP contribution in [0.25, 0.3) is 0 Å². The highest BCUT2D eigenvalue weighted by Gasteiger charge is 2.35. The number of likely N-dealkylation sites (N-methyl/N-ethyl adjacent to an activating group) is 1. The Morgan fingerprint density at radius 3 is 2.40 bits per heavy atom. The molecule has 0 aromatic carbocycles. The van der Waals surface area contributed by atoms with E-state index < -0.39 is 0 Å². The molecule has 1 unspecified atom stereocenters. The first-order valence-electron chi connectivity index (χ1n) is 6.39. The molecule has 0 aromatic heterocycles. The average Bonchev–Trinajstić information content (AvgIpc) is 2.97. The maximum absolute atomic E-state index is 5.95.